The Morgan fingerprint density at radius 1 is 1.29 bits per heavy atom. The van der Waals surface area contributed by atoms with Crippen molar-refractivity contribution in [1.29, 1.82) is 0 Å². The predicted molar refractivity (Wildman–Crippen MR) is 62.5 cm³/mol. The highest BCUT2D eigenvalue weighted by molar-refractivity contribution is 5.99. The third kappa shape index (κ3) is 1.58. The molecule has 3 heteroatoms. The fourth-order valence-electron chi connectivity index (χ4n) is 2.73. The molecular formula is C14H14O3. The molecule has 1 fully saturated rings. The van der Waals surface area contributed by atoms with E-state index in [-0.39, 0.29) is 23.7 Å². The van der Waals surface area contributed by atoms with Crippen molar-refractivity contribution in [2.24, 2.45) is 5.92 Å². The molecule has 2 aliphatic rings. The Bertz CT molecular complexity index is 464. The van der Waals surface area contributed by atoms with E-state index in [4.69, 9.17) is 9.47 Å². The van der Waals surface area contributed by atoms with Crippen LogP contribution in [0.1, 0.15) is 11.5 Å². The van der Waals surface area contributed by atoms with Crippen molar-refractivity contribution in [3.05, 3.63) is 47.7 Å². The number of benzene rings is 1. The molecule has 17 heavy (non-hydrogen) atoms. The van der Waals surface area contributed by atoms with Gasteiger partial charge in [-0.15, -0.1) is 0 Å². The number of ether oxygens (including phenoxy) is 2. The number of carbonyl (C=O) groups is 1. The monoisotopic (exact) mass is 230 g/mol. The zero-order valence-electron chi connectivity index (χ0n) is 9.63. The van der Waals surface area contributed by atoms with Crippen molar-refractivity contribution in [2.75, 3.05) is 13.7 Å². The third-order valence-corrected chi connectivity index (χ3v) is 3.55. The summed E-state index contributed by atoms with van der Waals surface area (Å²) in [6, 6.07) is 9.85. The van der Waals surface area contributed by atoms with Gasteiger partial charge in [0.25, 0.3) is 0 Å². The molecule has 88 valence electrons. The Kier molecular flexibility index (Phi) is 2.48. The molecule has 0 spiro atoms. The molecule has 3 atom stereocenters. The number of hydrogen-bond acceptors (Lipinski definition) is 3. The summed E-state index contributed by atoms with van der Waals surface area (Å²) in [7, 11) is 1.67. The van der Waals surface area contributed by atoms with Gasteiger partial charge < -0.3 is 9.47 Å². The second-order valence-corrected chi connectivity index (χ2v) is 4.45. The summed E-state index contributed by atoms with van der Waals surface area (Å²) >= 11 is 0. The number of fused-ring (bicyclic) bond motifs is 1. The van der Waals surface area contributed by atoms with Gasteiger partial charge in [-0.25, -0.2) is 0 Å². The summed E-state index contributed by atoms with van der Waals surface area (Å²) in [5.74, 6) is 0.821. The maximum Gasteiger partial charge on any atom is 0.167 e. The van der Waals surface area contributed by atoms with Crippen LogP contribution in [0.3, 0.4) is 0 Å². The molecular weight excluding hydrogens is 216 g/mol. The molecule has 3 nitrogen and oxygen atoms in total. The lowest BCUT2D eigenvalue weighted by molar-refractivity contribution is -0.116. The number of rotatable bonds is 2. The van der Waals surface area contributed by atoms with Gasteiger partial charge in [0.05, 0.1) is 11.8 Å². The van der Waals surface area contributed by atoms with Gasteiger partial charge in [0, 0.05) is 13.2 Å². The first-order chi connectivity index (χ1) is 8.31. The number of ketones is 1. The summed E-state index contributed by atoms with van der Waals surface area (Å²) < 4.78 is 10.9. The van der Waals surface area contributed by atoms with Crippen LogP contribution >= 0.6 is 0 Å². The number of allylic oxidation sites excluding steroid dienone is 1. The third-order valence-electron chi connectivity index (χ3n) is 3.55. The summed E-state index contributed by atoms with van der Waals surface area (Å²) in [4.78, 5) is 12.0. The average Bonchev–Trinajstić information content (AvgIpc) is 2.87. The smallest absolute Gasteiger partial charge is 0.167 e. The number of carbonyl (C=O) groups excluding carboxylic acids is 1. The fourth-order valence-corrected chi connectivity index (χ4v) is 2.73. The van der Waals surface area contributed by atoms with E-state index in [0.717, 1.165) is 11.3 Å². The first-order valence-corrected chi connectivity index (χ1v) is 5.77. The van der Waals surface area contributed by atoms with Crippen molar-refractivity contribution in [3.8, 4) is 0 Å². The first kappa shape index (κ1) is 10.5. The Labute approximate surface area is 100 Å². The van der Waals surface area contributed by atoms with Gasteiger partial charge >= 0.3 is 0 Å². The molecule has 1 heterocycles. The molecule has 1 saturated heterocycles. The molecule has 1 aliphatic carbocycles. The first-order valence-electron chi connectivity index (χ1n) is 5.77. The summed E-state index contributed by atoms with van der Waals surface area (Å²) in [6.07, 6.45) is 1.61. The lowest BCUT2D eigenvalue weighted by Crippen LogP contribution is -2.26. The lowest BCUT2D eigenvalue weighted by Gasteiger charge is -2.20. The average molecular weight is 230 g/mol. The van der Waals surface area contributed by atoms with E-state index < -0.39 is 0 Å². The van der Waals surface area contributed by atoms with E-state index in [0.29, 0.717) is 6.61 Å². The van der Waals surface area contributed by atoms with E-state index in [1.807, 2.05) is 30.3 Å². The van der Waals surface area contributed by atoms with Gasteiger partial charge in [-0.1, -0.05) is 30.3 Å². The molecule has 0 aromatic heterocycles. The van der Waals surface area contributed by atoms with Crippen molar-refractivity contribution >= 4 is 5.78 Å². The van der Waals surface area contributed by atoms with Crippen molar-refractivity contribution in [2.45, 2.75) is 12.0 Å². The van der Waals surface area contributed by atoms with Gasteiger partial charge in [-0.05, 0) is 5.56 Å². The van der Waals surface area contributed by atoms with E-state index in [1.165, 1.54) is 0 Å². The minimum absolute atomic E-state index is 0.0158. The molecule has 0 amide bonds. The summed E-state index contributed by atoms with van der Waals surface area (Å²) in [5, 5.41) is 0. The van der Waals surface area contributed by atoms with Crippen LogP contribution in [0.5, 0.6) is 0 Å². The lowest BCUT2D eigenvalue weighted by atomic mass is 9.84. The Hall–Kier alpha value is -1.61. The second kappa shape index (κ2) is 4.00. The largest absolute Gasteiger partial charge is 0.495 e. The molecule has 0 saturated carbocycles. The zero-order valence-corrected chi connectivity index (χ0v) is 9.63. The van der Waals surface area contributed by atoms with Crippen LogP contribution in [0.25, 0.3) is 0 Å². The quantitative estimate of drug-likeness (QED) is 0.778. The van der Waals surface area contributed by atoms with Gasteiger partial charge in [0.2, 0.25) is 0 Å². The van der Waals surface area contributed by atoms with E-state index in [1.54, 1.807) is 13.2 Å². The molecule has 0 bridgehead atoms. The summed E-state index contributed by atoms with van der Waals surface area (Å²) in [5.41, 5.74) is 1.04. The van der Waals surface area contributed by atoms with Crippen LogP contribution in [0.2, 0.25) is 0 Å². The van der Waals surface area contributed by atoms with Crippen LogP contribution in [0.15, 0.2) is 42.2 Å². The van der Waals surface area contributed by atoms with Crippen LogP contribution in [-0.4, -0.2) is 25.6 Å². The molecule has 0 radical (unpaired) electrons. The van der Waals surface area contributed by atoms with Gasteiger partial charge in [0.1, 0.15) is 18.5 Å². The van der Waals surface area contributed by atoms with E-state index >= 15 is 0 Å². The van der Waals surface area contributed by atoms with E-state index in [9.17, 15) is 4.79 Å². The Balaban J connectivity index is 1.98. The topological polar surface area (TPSA) is 35.5 Å². The summed E-state index contributed by atoms with van der Waals surface area (Å²) in [6.45, 7) is 0.545. The van der Waals surface area contributed by atoms with Crippen LogP contribution in [0, 0.1) is 5.92 Å². The number of methoxy groups -OCH3 is 1. The van der Waals surface area contributed by atoms with Crippen LogP contribution < -0.4 is 0 Å². The highest BCUT2D eigenvalue weighted by atomic mass is 16.5. The molecule has 1 aromatic rings. The van der Waals surface area contributed by atoms with Crippen LogP contribution in [-0.2, 0) is 14.3 Å². The second-order valence-electron chi connectivity index (χ2n) is 4.45. The maximum absolute atomic E-state index is 12.0. The maximum atomic E-state index is 12.0. The molecule has 1 aliphatic heterocycles. The SMILES string of the molecule is COC1COC2=CC(=O)C(c3ccccc3)C21. The number of hydrogen-bond donors (Lipinski definition) is 0. The minimum Gasteiger partial charge on any atom is -0.495 e. The van der Waals surface area contributed by atoms with Gasteiger partial charge in [-0.2, -0.15) is 0 Å². The van der Waals surface area contributed by atoms with Crippen molar-refractivity contribution in [3.63, 3.8) is 0 Å². The fraction of sp³-hybridized carbons (Fsp3) is 0.357. The van der Waals surface area contributed by atoms with Gasteiger partial charge in [-0.3, -0.25) is 4.79 Å². The van der Waals surface area contributed by atoms with Crippen LogP contribution in [0.4, 0.5) is 0 Å². The minimum atomic E-state index is -0.140. The Morgan fingerprint density at radius 3 is 2.76 bits per heavy atom. The molecule has 0 N–H and O–H groups in total. The predicted octanol–water partition coefficient (Wildman–Crippen LogP) is 1.90. The van der Waals surface area contributed by atoms with E-state index in [2.05, 4.69) is 0 Å². The molecule has 3 unspecified atom stereocenters. The molecule has 1 aromatic carbocycles. The Morgan fingerprint density at radius 2 is 2.06 bits per heavy atom. The van der Waals surface area contributed by atoms with Gasteiger partial charge in [0.15, 0.2) is 5.78 Å². The van der Waals surface area contributed by atoms with Crippen molar-refractivity contribution in [1.82, 2.24) is 0 Å². The highest BCUT2D eigenvalue weighted by Crippen LogP contribution is 2.44. The normalized spacial score (nSPS) is 31.0. The highest BCUT2D eigenvalue weighted by Gasteiger charge is 2.47. The zero-order chi connectivity index (χ0) is 11.8. The van der Waals surface area contributed by atoms with Crippen molar-refractivity contribution < 1.29 is 14.3 Å². The molecule has 3 rings (SSSR count). The standard InChI is InChI=1S/C14H14O3/c1-16-12-8-17-11-7-10(15)13(14(11)12)9-5-3-2-4-6-9/h2-7,12-14H,8H2,1H3.